The van der Waals surface area contributed by atoms with Gasteiger partial charge in [-0.25, -0.2) is 0 Å². The van der Waals surface area contributed by atoms with Crippen molar-refractivity contribution < 1.29 is 9.53 Å². The molecule has 0 aromatic rings. The first-order valence-corrected chi connectivity index (χ1v) is 5.64. The van der Waals surface area contributed by atoms with Crippen LogP contribution in [0.3, 0.4) is 0 Å². The van der Waals surface area contributed by atoms with E-state index in [0.29, 0.717) is 0 Å². The molecule has 2 aliphatic rings. The third-order valence-corrected chi connectivity index (χ3v) is 3.51. The van der Waals surface area contributed by atoms with Crippen molar-refractivity contribution >= 4 is 5.91 Å². The van der Waals surface area contributed by atoms with Gasteiger partial charge in [0.05, 0.1) is 12.0 Å². The lowest BCUT2D eigenvalue weighted by Crippen LogP contribution is -2.60. The zero-order valence-corrected chi connectivity index (χ0v) is 9.01. The number of fused-ring (bicyclic) bond motifs is 1. The molecule has 3 nitrogen and oxygen atoms in total. The highest BCUT2D eigenvalue weighted by molar-refractivity contribution is 5.80. The second-order valence-corrected chi connectivity index (χ2v) is 4.62. The normalized spacial score (nSPS) is 42.9. The molecule has 2 fully saturated rings. The summed E-state index contributed by atoms with van der Waals surface area (Å²) < 4.78 is 5.97. The molecular weight excluding hydrogens is 178 g/mol. The summed E-state index contributed by atoms with van der Waals surface area (Å²) in [5.41, 5.74) is -0.421. The lowest BCUT2D eigenvalue weighted by atomic mass is 9.83. The predicted molar refractivity (Wildman–Crippen MR) is 53.7 cm³/mol. The van der Waals surface area contributed by atoms with Crippen LogP contribution in [0.2, 0.25) is 0 Å². The van der Waals surface area contributed by atoms with E-state index in [1.807, 2.05) is 13.8 Å². The molecule has 0 aromatic carbocycles. The van der Waals surface area contributed by atoms with Crippen molar-refractivity contribution in [3.05, 3.63) is 0 Å². The number of carbonyl (C=O) groups excluding carboxylic acids is 1. The highest BCUT2D eigenvalue weighted by atomic mass is 16.5. The molecule has 0 radical (unpaired) electrons. The standard InChI is InChI=1S/C11H19NO2/c1-3-11(2)12-10(13)8-6-4-5-7-9(8)14-11/h8-9H,3-7H2,1-2H3,(H,12,13). The first-order valence-electron chi connectivity index (χ1n) is 5.64. The van der Waals surface area contributed by atoms with Crippen molar-refractivity contribution in [2.24, 2.45) is 5.92 Å². The fraction of sp³-hybridized carbons (Fsp3) is 0.909. The quantitative estimate of drug-likeness (QED) is 0.696. The first-order chi connectivity index (χ1) is 6.64. The van der Waals surface area contributed by atoms with E-state index in [2.05, 4.69) is 5.32 Å². The van der Waals surface area contributed by atoms with E-state index in [4.69, 9.17) is 4.74 Å². The van der Waals surface area contributed by atoms with Crippen LogP contribution in [-0.2, 0) is 9.53 Å². The average molecular weight is 197 g/mol. The van der Waals surface area contributed by atoms with Crippen LogP contribution in [-0.4, -0.2) is 17.7 Å². The van der Waals surface area contributed by atoms with Gasteiger partial charge in [0.25, 0.3) is 0 Å². The zero-order chi connectivity index (χ0) is 10.2. The minimum Gasteiger partial charge on any atom is -0.352 e. The average Bonchev–Trinajstić information content (AvgIpc) is 2.18. The molecule has 2 rings (SSSR count). The molecule has 1 aliphatic heterocycles. The van der Waals surface area contributed by atoms with Crippen molar-refractivity contribution in [1.29, 1.82) is 0 Å². The van der Waals surface area contributed by atoms with Crippen LogP contribution < -0.4 is 5.32 Å². The first kappa shape index (κ1) is 9.97. The van der Waals surface area contributed by atoms with Crippen LogP contribution in [0.25, 0.3) is 0 Å². The Balaban J connectivity index is 2.11. The smallest absolute Gasteiger partial charge is 0.227 e. The van der Waals surface area contributed by atoms with Crippen LogP contribution >= 0.6 is 0 Å². The molecule has 0 spiro atoms. The maximum absolute atomic E-state index is 11.8. The molecule has 3 unspecified atom stereocenters. The van der Waals surface area contributed by atoms with Crippen molar-refractivity contribution in [3.63, 3.8) is 0 Å². The van der Waals surface area contributed by atoms with Crippen LogP contribution in [0, 0.1) is 5.92 Å². The van der Waals surface area contributed by atoms with E-state index in [0.717, 1.165) is 19.3 Å². The summed E-state index contributed by atoms with van der Waals surface area (Å²) in [6, 6.07) is 0. The second kappa shape index (κ2) is 3.54. The largest absolute Gasteiger partial charge is 0.352 e. The van der Waals surface area contributed by atoms with Gasteiger partial charge in [0.15, 0.2) is 0 Å². The molecule has 1 heterocycles. The number of rotatable bonds is 1. The molecule has 1 N–H and O–H groups in total. The van der Waals surface area contributed by atoms with Gasteiger partial charge in [0.2, 0.25) is 5.91 Å². The van der Waals surface area contributed by atoms with Crippen LogP contribution in [0.1, 0.15) is 46.0 Å². The molecule has 1 saturated carbocycles. The lowest BCUT2D eigenvalue weighted by Gasteiger charge is -2.44. The van der Waals surface area contributed by atoms with Gasteiger partial charge in [-0.2, -0.15) is 0 Å². The molecule has 0 bridgehead atoms. The molecule has 3 atom stereocenters. The molecule has 1 aliphatic carbocycles. The second-order valence-electron chi connectivity index (χ2n) is 4.62. The summed E-state index contributed by atoms with van der Waals surface area (Å²) in [4.78, 5) is 11.8. The number of hydrogen-bond acceptors (Lipinski definition) is 2. The van der Waals surface area contributed by atoms with E-state index < -0.39 is 5.72 Å². The molecule has 1 amide bonds. The number of ether oxygens (including phenoxy) is 1. The summed E-state index contributed by atoms with van der Waals surface area (Å²) in [6.07, 6.45) is 5.42. The maximum atomic E-state index is 11.8. The van der Waals surface area contributed by atoms with Crippen LogP contribution in [0.5, 0.6) is 0 Å². The molecule has 3 heteroatoms. The maximum Gasteiger partial charge on any atom is 0.227 e. The van der Waals surface area contributed by atoms with Gasteiger partial charge in [-0.3, -0.25) is 4.79 Å². The zero-order valence-electron chi connectivity index (χ0n) is 9.01. The Hall–Kier alpha value is -0.570. The number of nitrogens with one attached hydrogen (secondary N) is 1. The molecule has 80 valence electrons. The van der Waals surface area contributed by atoms with Crippen molar-refractivity contribution in [2.75, 3.05) is 0 Å². The van der Waals surface area contributed by atoms with E-state index in [1.165, 1.54) is 12.8 Å². The molecule has 14 heavy (non-hydrogen) atoms. The van der Waals surface area contributed by atoms with Crippen LogP contribution in [0.4, 0.5) is 0 Å². The van der Waals surface area contributed by atoms with Crippen molar-refractivity contribution in [3.8, 4) is 0 Å². The molecule has 1 saturated heterocycles. The SMILES string of the molecule is CCC1(C)NC(=O)C2CCCCC2O1. The van der Waals surface area contributed by atoms with Crippen molar-refractivity contribution in [2.45, 2.75) is 57.8 Å². The Morgan fingerprint density at radius 2 is 2.21 bits per heavy atom. The summed E-state index contributed by atoms with van der Waals surface area (Å²) in [5.74, 6) is 0.314. The lowest BCUT2D eigenvalue weighted by molar-refractivity contribution is -0.184. The summed E-state index contributed by atoms with van der Waals surface area (Å²) in [7, 11) is 0. The number of carbonyl (C=O) groups is 1. The Morgan fingerprint density at radius 3 is 2.93 bits per heavy atom. The van der Waals surface area contributed by atoms with E-state index in [-0.39, 0.29) is 17.9 Å². The Bertz CT molecular complexity index is 241. The minimum absolute atomic E-state index is 0.114. The van der Waals surface area contributed by atoms with E-state index in [9.17, 15) is 4.79 Å². The van der Waals surface area contributed by atoms with E-state index >= 15 is 0 Å². The topological polar surface area (TPSA) is 38.3 Å². The fourth-order valence-corrected chi connectivity index (χ4v) is 2.43. The third kappa shape index (κ3) is 1.65. The predicted octanol–water partition coefficient (Wildman–Crippen LogP) is 1.82. The molecule has 0 aromatic heterocycles. The highest BCUT2D eigenvalue weighted by Crippen LogP contribution is 2.34. The monoisotopic (exact) mass is 197 g/mol. The highest BCUT2D eigenvalue weighted by Gasteiger charge is 2.43. The van der Waals surface area contributed by atoms with Gasteiger partial charge in [-0.1, -0.05) is 19.8 Å². The van der Waals surface area contributed by atoms with E-state index in [1.54, 1.807) is 0 Å². The number of amides is 1. The van der Waals surface area contributed by atoms with Gasteiger partial charge in [-0.05, 0) is 26.2 Å². The molecular formula is C11H19NO2. The Labute approximate surface area is 85.2 Å². The Morgan fingerprint density at radius 1 is 1.50 bits per heavy atom. The Kier molecular flexibility index (Phi) is 2.52. The van der Waals surface area contributed by atoms with Crippen LogP contribution in [0.15, 0.2) is 0 Å². The fourth-order valence-electron chi connectivity index (χ4n) is 2.43. The van der Waals surface area contributed by atoms with Gasteiger partial charge in [0, 0.05) is 0 Å². The van der Waals surface area contributed by atoms with Gasteiger partial charge < -0.3 is 10.1 Å². The summed E-state index contributed by atoms with van der Waals surface area (Å²) >= 11 is 0. The minimum atomic E-state index is -0.421. The van der Waals surface area contributed by atoms with Gasteiger partial charge in [-0.15, -0.1) is 0 Å². The summed E-state index contributed by atoms with van der Waals surface area (Å²) in [5, 5.41) is 2.98. The summed E-state index contributed by atoms with van der Waals surface area (Å²) in [6.45, 7) is 4.01. The van der Waals surface area contributed by atoms with Crippen molar-refractivity contribution in [1.82, 2.24) is 5.32 Å². The number of hydrogen-bond donors (Lipinski definition) is 1. The third-order valence-electron chi connectivity index (χ3n) is 3.51. The van der Waals surface area contributed by atoms with Gasteiger partial charge >= 0.3 is 0 Å². The van der Waals surface area contributed by atoms with Gasteiger partial charge in [0.1, 0.15) is 5.72 Å².